The van der Waals surface area contributed by atoms with Crippen molar-refractivity contribution in [3.63, 3.8) is 0 Å². The molecule has 2 aromatic rings. The van der Waals surface area contributed by atoms with E-state index >= 15 is 0 Å². The van der Waals surface area contributed by atoms with E-state index in [-0.39, 0.29) is 36.1 Å². The van der Waals surface area contributed by atoms with Crippen molar-refractivity contribution < 1.29 is 4.79 Å². The molecule has 5 rings (SSSR count). The van der Waals surface area contributed by atoms with Gasteiger partial charge in [-0.05, 0) is 54.2 Å². The number of halogens is 2. The first kappa shape index (κ1) is 21.7. The number of hydrogen-bond acceptors (Lipinski definition) is 4. The molecule has 8 heteroatoms. The lowest BCUT2D eigenvalue weighted by Gasteiger charge is -2.39. The first-order valence-electron chi connectivity index (χ1n) is 9.69. The smallest absolute Gasteiger partial charge is 0.276 e. The lowest BCUT2D eigenvalue weighted by Crippen LogP contribution is -2.50. The number of pyridine rings is 1. The Morgan fingerprint density at radius 3 is 2.76 bits per heavy atom. The molecule has 3 N–H and O–H groups in total. The van der Waals surface area contributed by atoms with Crippen LogP contribution in [0.2, 0.25) is 0 Å². The Balaban J connectivity index is 0.00000120. The van der Waals surface area contributed by atoms with E-state index in [0.29, 0.717) is 23.1 Å². The number of rotatable bonds is 2. The summed E-state index contributed by atoms with van der Waals surface area (Å²) in [5.41, 5.74) is 2.71. The molecule has 3 heterocycles. The first-order chi connectivity index (χ1) is 12.9. The fraction of sp³-hybridized carbons (Fsp3) is 0.476. The molecule has 3 aliphatic rings. The average Bonchev–Trinajstić information content (AvgIpc) is 3.30. The number of aliphatic imine (C=N–C) groups is 1. The number of aromatic nitrogens is 2. The van der Waals surface area contributed by atoms with Crippen molar-refractivity contribution in [2.75, 3.05) is 0 Å². The maximum Gasteiger partial charge on any atom is 0.276 e. The number of nitrogens with zero attached hydrogens (tertiary/aromatic N) is 2. The van der Waals surface area contributed by atoms with Crippen LogP contribution in [0.1, 0.15) is 45.6 Å². The molecular formula is C21H27Cl2N5O. The Hall–Kier alpha value is -2.05. The van der Waals surface area contributed by atoms with Crippen LogP contribution in [0, 0.1) is 16.7 Å². The van der Waals surface area contributed by atoms with Gasteiger partial charge in [-0.1, -0.05) is 20.8 Å². The Labute approximate surface area is 182 Å². The summed E-state index contributed by atoms with van der Waals surface area (Å²) in [4.78, 5) is 24.4. The number of hydrogen-bond donors (Lipinski definition) is 3. The third-order valence-corrected chi connectivity index (χ3v) is 7.58. The molecule has 3 atom stereocenters. The van der Waals surface area contributed by atoms with E-state index in [4.69, 9.17) is 0 Å². The van der Waals surface area contributed by atoms with Crippen molar-refractivity contribution in [2.24, 2.45) is 21.7 Å². The van der Waals surface area contributed by atoms with Gasteiger partial charge < -0.3 is 10.3 Å². The minimum Gasteiger partial charge on any atom is -0.352 e. The summed E-state index contributed by atoms with van der Waals surface area (Å²) in [6, 6.07) is 4.22. The van der Waals surface area contributed by atoms with Gasteiger partial charge in [0.1, 0.15) is 11.3 Å². The largest absolute Gasteiger partial charge is 0.352 e. The molecule has 2 saturated carbocycles. The zero-order valence-electron chi connectivity index (χ0n) is 16.8. The number of H-pyrrole nitrogens is 1. The van der Waals surface area contributed by atoms with Gasteiger partial charge in [0.15, 0.2) is 0 Å². The van der Waals surface area contributed by atoms with Crippen LogP contribution in [-0.4, -0.2) is 27.9 Å². The maximum absolute atomic E-state index is 12.4. The molecule has 6 nitrogen and oxygen atoms in total. The highest BCUT2D eigenvalue weighted by molar-refractivity contribution is 6.14. The van der Waals surface area contributed by atoms with Crippen LogP contribution in [-0.2, 0) is 4.79 Å². The number of carbonyl (C=O) groups is 1. The van der Waals surface area contributed by atoms with Crippen LogP contribution >= 0.6 is 24.8 Å². The average molecular weight is 436 g/mol. The second-order valence-electron chi connectivity index (χ2n) is 8.90. The van der Waals surface area contributed by atoms with Gasteiger partial charge in [0.25, 0.3) is 5.91 Å². The summed E-state index contributed by atoms with van der Waals surface area (Å²) in [6.45, 7) is 7.15. The molecule has 0 spiro atoms. The molecular weight excluding hydrogens is 409 g/mol. The second-order valence-corrected chi connectivity index (χ2v) is 8.90. The van der Waals surface area contributed by atoms with Crippen LogP contribution in [0.4, 0.5) is 0 Å². The molecule has 0 aromatic carbocycles. The van der Waals surface area contributed by atoms with Crippen molar-refractivity contribution in [1.29, 1.82) is 0 Å². The molecule has 2 bridgehead atoms. The highest BCUT2D eigenvalue weighted by Gasteiger charge is 2.61. The predicted octanol–water partition coefficient (Wildman–Crippen LogP) is 4.04. The first-order valence-corrected chi connectivity index (χ1v) is 9.69. The number of amides is 1. The van der Waals surface area contributed by atoms with Crippen LogP contribution in [0.5, 0.6) is 0 Å². The summed E-state index contributed by atoms with van der Waals surface area (Å²) >= 11 is 0. The number of aromatic amines is 1. The number of nitrogens with one attached hydrogen (secondary N) is 3. The van der Waals surface area contributed by atoms with Gasteiger partial charge in [0.05, 0.1) is 0 Å². The molecule has 2 fully saturated rings. The molecule has 2 aromatic heterocycles. The third kappa shape index (κ3) is 3.13. The summed E-state index contributed by atoms with van der Waals surface area (Å²) in [7, 11) is 0. The zero-order valence-corrected chi connectivity index (χ0v) is 18.4. The van der Waals surface area contributed by atoms with Crippen molar-refractivity contribution in [3.05, 3.63) is 35.8 Å². The van der Waals surface area contributed by atoms with E-state index in [9.17, 15) is 4.79 Å². The molecule has 0 saturated heterocycles. The summed E-state index contributed by atoms with van der Waals surface area (Å²) < 4.78 is 0. The minimum absolute atomic E-state index is 0. The van der Waals surface area contributed by atoms with E-state index < -0.39 is 0 Å². The van der Waals surface area contributed by atoms with Gasteiger partial charge in [0, 0.05) is 29.4 Å². The molecule has 0 radical (unpaired) electrons. The zero-order chi connectivity index (χ0) is 18.8. The van der Waals surface area contributed by atoms with E-state index in [1.807, 2.05) is 24.4 Å². The van der Waals surface area contributed by atoms with Gasteiger partial charge in [-0.15, -0.1) is 24.8 Å². The highest BCUT2D eigenvalue weighted by Crippen LogP contribution is 2.65. The highest BCUT2D eigenvalue weighted by atomic mass is 35.5. The standard InChI is InChI=1S/C21H25N5O.2ClH/c1-20(2)13-6-7-21(20,3)16(10-13)25-19-24-15(18(27)26-19)9-12-11-23-17-14(12)5-4-8-22-17;;/h4-5,8-9,11,13,16H,6-7,10H2,1-3H3,(H,22,23)(H2,24,25,26,27);2*1H/t13-,16?,21+;;/m1../s1. The molecule has 1 aliphatic heterocycles. The normalized spacial score (nSPS) is 30.7. The van der Waals surface area contributed by atoms with Crippen LogP contribution < -0.4 is 10.6 Å². The van der Waals surface area contributed by atoms with E-state index in [1.165, 1.54) is 12.8 Å². The molecule has 1 unspecified atom stereocenters. The monoisotopic (exact) mass is 435 g/mol. The van der Waals surface area contributed by atoms with Gasteiger partial charge >= 0.3 is 0 Å². The van der Waals surface area contributed by atoms with E-state index in [1.54, 1.807) is 6.20 Å². The molecule has 29 heavy (non-hydrogen) atoms. The quantitative estimate of drug-likeness (QED) is 0.622. The number of guanidine groups is 1. The van der Waals surface area contributed by atoms with Gasteiger partial charge in [-0.2, -0.15) is 0 Å². The lowest BCUT2D eigenvalue weighted by atomic mass is 9.69. The van der Waals surface area contributed by atoms with Crippen molar-refractivity contribution in [3.8, 4) is 0 Å². The van der Waals surface area contributed by atoms with E-state index in [0.717, 1.165) is 28.9 Å². The molecule has 1 amide bonds. The molecule has 2 aliphatic carbocycles. The Morgan fingerprint density at radius 1 is 1.28 bits per heavy atom. The molecule has 156 valence electrons. The summed E-state index contributed by atoms with van der Waals surface area (Å²) in [6.07, 6.45) is 9.10. The van der Waals surface area contributed by atoms with Gasteiger partial charge in [-0.25, -0.2) is 9.98 Å². The van der Waals surface area contributed by atoms with Crippen molar-refractivity contribution in [2.45, 2.75) is 46.1 Å². The Morgan fingerprint density at radius 2 is 2.07 bits per heavy atom. The Kier molecular flexibility index (Phi) is 5.47. The van der Waals surface area contributed by atoms with Crippen LogP contribution in [0.25, 0.3) is 17.1 Å². The van der Waals surface area contributed by atoms with Crippen LogP contribution in [0.15, 0.2) is 35.2 Å². The predicted molar refractivity (Wildman–Crippen MR) is 120 cm³/mol. The second kappa shape index (κ2) is 7.33. The topological polar surface area (TPSA) is 82.2 Å². The SMILES string of the molecule is CC1(C)[C@@H]2CC[C@@]1(C)C(NC1=NC(=Cc3c[nH]c4ncccc34)C(=O)N1)C2.Cl.Cl. The maximum atomic E-state index is 12.4. The summed E-state index contributed by atoms with van der Waals surface area (Å²) in [5, 5.41) is 7.42. The Bertz CT molecular complexity index is 1010. The fourth-order valence-electron chi connectivity index (χ4n) is 5.37. The fourth-order valence-corrected chi connectivity index (χ4v) is 5.37. The van der Waals surface area contributed by atoms with E-state index in [2.05, 4.69) is 46.4 Å². The summed E-state index contributed by atoms with van der Waals surface area (Å²) in [5.74, 6) is 1.16. The van der Waals surface area contributed by atoms with Gasteiger partial charge in [-0.3, -0.25) is 10.1 Å². The third-order valence-electron chi connectivity index (χ3n) is 7.58. The number of fused-ring (bicyclic) bond motifs is 3. The van der Waals surface area contributed by atoms with Crippen LogP contribution in [0.3, 0.4) is 0 Å². The minimum atomic E-state index is -0.164. The van der Waals surface area contributed by atoms with Crippen molar-refractivity contribution >= 4 is 53.8 Å². The lowest BCUT2D eigenvalue weighted by molar-refractivity contribution is -0.115. The van der Waals surface area contributed by atoms with Gasteiger partial charge in [0.2, 0.25) is 5.96 Å². The number of carbonyl (C=O) groups excluding carboxylic acids is 1. The van der Waals surface area contributed by atoms with Crippen molar-refractivity contribution in [1.82, 2.24) is 20.6 Å².